The zero-order valence-corrected chi connectivity index (χ0v) is 17.4. The standard InChI is InChI=1S/C21H15Cl2N3OS/c1-11-12(2)28-21(24-11)26-20(27)16-10-19(15-8-7-13(22)9-17(15)23)25-18-6-4-3-5-14(16)18/h3-10H,1-2H3,(H,24,26,27). The van der Waals surface area contributed by atoms with E-state index in [0.29, 0.717) is 37.5 Å². The van der Waals surface area contributed by atoms with Gasteiger partial charge in [-0.15, -0.1) is 11.3 Å². The van der Waals surface area contributed by atoms with E-state index in [4.69, 9.17) is 23.2 Å². The van der Waals surface area contributed by atoms with E-state index in [1.54, 1.807) is 24.3 Å². The Labute approximate surface area is 176 Å². The van der Waals surface area contributed by atoms with Crippen LogP contribution in [0.2, 0.25) is 10.0 Å². The first kappa shape index (κ1) is 18.9. The van der Waals surface area contributed by atoms with Crippen molar-refractivity contribution >= 4 is 56.5 Å². The summed E-state index contributed by atoms with van der Waals surface area (Å²) >= 11 is 13.8. The van der Waals surface area contributed by atoms with Gasteiger partial charge in [0.1, 0.15) is 0 Å². The molecule has 4 aromatic rings. The van der Waals surface area contributed by atoms with Crippen molar-refractivity contribution in [1.82, 2.24) is 9.97 Å². The number of para-hydroxylation sites is 1. The number of benzene rings is 2. The fourth-order valence-electron chi connectivity index (χ4n) is 2.89. The Bertz CT molecular complexity index is 1200. The number of nitrogens with one attached hydrogen (secondary N) is 1. The highest BCUT2D eigenvalue weighted by Gasteiger charge is 2.17. The number of amides is 1. The predicted molar refractivity (Wildman–Crippen MR) is 117 cm³/mol. The smallest absolute Gasteiger partial charge is 0.258 e. The van der Waals surface area contributed by atoms with Crippen LogP contribution in [0.3, 0.4) is 0 Å². The van der Waals surface area contributed by atoms with Gasteiger partial charge < -0.3 is 0 Å². The first-order valence-electron chi connectivity index (χ1n) is 8.53. The van der Waals surface area contributed by atoms with Gasteiger partial charge in [0, 0.05) is 20.8 Å². The highest BCUT2D eigenvalue weighted by molar-refractivity contribution is 7.15. The molecule has 0 spiro atoms. The van der Waals surface area contributed by atoms with Gasteiger partial charge in [0.15, 0.2) is 5.13 Å². The number of thiazole rings is 1. The quantitative estimate of drug-likeness (QED) is 0.403. The second-order valence-corrected chi connectivity index (χ2v) is 8.36. The molecular formula is C21H15Cl2N3OS. The van der Waals surface area contributed by atoms with Gasteiger partial charge in [-0.3, -0.25) is 10.1 Å². The Balaban J connectivity index is 1.83. The number of nitrogens with zero attached hydrogens (tertiary/aromatic N) is 2. The number of hydrogen-bond acceptors (Lipinski definition) is 4. The molecule has 0 saturated carbocycles. The van der Waals surface area contributed by atoms with Gasteiger partial charge in [-0.25, -0.2) is 9.97 Å². The molecule has 0 aliphatic heterocycles. The lowest BCUT2D eigenvalue weighted by Gasteiger charge is -2.11. The number of hydrogen-bond donors (Lipinski definition) is 1. The zero-order chi connectivity index (χ0) is 19.8. The highest BCUT2D eigenvalue weighted by Crippen LogP contribution is 2.32. The summed E-state index contributed by atoms with van der Waals surface area (Å²) < 4.78 is 0. The minimum absolute atomic E-state index is 0.237. The summed E-state index contributed by atoms with van der Waals surface area (Å²) in [5.41, 5.74) is 3.46. The first-order valence-corrected chi connectivity index (χ1v) is 10.1. The molecule has 0 fully saturated rings. The SMILES string of the molecule is Cc1nc(NC(=O)c2cc(-c3ccc(Cl)cc3Cl)nc3ccccc23)sc1C. The Kier molecular flexibility index (Phi) is 5.06. The van der Waals surface area contributed by atoms with Crippen LogP contribution in [0.1, 0.15) is 20.9 Å². The van der Waals surface area contributed by atoms with Crippen molar-refractivity contribution in [3.05, 3.63) is 74.7 Å². The van der Waals surface area contributed by atoms with Crippen LogP contribution in [0, 0.1) is 13.8 Å². The van der Waals surface area contributed by atoms with Crippen LogP contribution in [0.4, 0.5) is 5.13 Å². The Morgan fingerprint density at radius 1 is 1.04 bits per heavy atom. The van der Waals surface area contributed by atoms with Crippen molar-refractivity contribution < 1.29 is 4.79 Å². The van der Waals surface area contributed by atoms with E-state index in [-0.39, 0.29) is 5.91 Å². The Hall–Kier alpha value is -2.47. The number of fused-ring (bicyclic) bond motifs is 1. The Morgan fingerprint density at radius 3 is 2.54 bits per heavy atom. The lowest BCUT2D eigenvalue weighted by molar-refractivity contribution is 0.102. The molecular weight excluding hydrogens is 413 g/mol. The van der Waals surface area contributed by atoms with Crippen LogP contribution in [0.15, 0.2) is 48.5 Å². The molecule has 4 rings (SSSR count). The van der Waals surface area contributed by atoms with Gasteiger partial charge in [0.25, 0.3) is 5.91 Å². The molecule has 1 N–H and O–H groups in total. The molecule has 0 bridgehead atoms. The van der Waals surface area contributed by atoms with Gasteiger partial charge >= 0.3 is 0 Å². The van der Waals surface area contributed by atoms with E-state index in [1.165, 1.54) is 11.3 Å². The number of pyridine rings is 1. The summed E-state index contributed by atoms with van der Waals surface area (Å²) in [4.78, 5) is 23.2. The minimum atomic E-state index is -0.237. The molecule has 0 saturated heterocycles. The third-order valence-electron chi connectivity index (χ3n) is 4.42. The van der Waals surface area contributed by atoms with E-state index < -0.39 is 0 Å². The number of rotatable bonds is 3. The van der Waals surface area contributed by atoms with Crippen molar-refractivity contribution in [3.8, 4) is 11.3 Å². The molecule has 0 radical (unpaired) electrons. The van der Waals surface area contributed by atoms with Crippen LogP contribution in [0.5, 0.6) is 0 Å². The number of anilines is 1. The molecule has 0 aliphatic carbocycles. The fourth-order valence-corrected chi connectivity index (χ4v) is 4.20. The van der Waals surface area contributed by atoms with Crippen LogP contribution in [-0.2, 0) is 0 Å². The fraction of sp³-hybridized carbons (Fsp3) is 0.0952. The lowest BCUT2D eigenvalue weighted by Crippen LogP contribution is -2.13. The maximum atomic E-state index is 13.0. The maximum Gasteiger partial charge on any atom is 0.258 e. The number of carbonyl (C=O) groups excluding carboxylic acids is 1. The monoisotopic (exact) mass is 427 g/mol. The first-order chi connectivity index (χ1) is 13.4. The van der Waals surface area contributed by atoms with E-state index in [2.05, 4.69) is 15.3 Å². The molecule has 2 aromatic heterocycles. The van der Waals surface area contributed by atoms with E-state index in [0.717, 1.165) is 16.0 Å². The highest BCUT2D eigenvalue weighted by atomic mass is 35.5. The average Bonchev–Trinajstić information content (AvgIpc) is 2.97. The van der Waals surface area contributed by atoms with Crippen LogP contribution in [-0.4, -0.2) is 15.9 Å². The van der Waals surface area contributed by atoms with Crippen molar-refractivity contribution in [2.75, 3.05) is 5.32 Å². The lowest BCUT2D eigenvalue weighted by atomic mass is 10.0. The molecule has 140 valence electrons. The van der Waals surface area contributed by atoms with E-state index in [1.807, 2.05) is 38.1 Å². The van der Waals surface area contributed by atoms with E-state index in [9.17, 15) is 4.79 Å². The molecule has 1 amide bonds. The minimum Gasteiger partial charge on any atom is -0.298 e. The van der Waals surface area contributed by atoms with Gasteiger partial charge in [-0.1, -0.05) is 41.4 Å². The van der Waals surface area contributed by atoms with Gasteiger partial charge in [0.05, 0.1) is 27.5 Å². The molecule has 0 aliphatic rings. The van der Waals surface area contributed by atoms with Gasteiger partial charge in [0.2, 0.25) is 0 Å². The molecule has 4 nitrogen and oxygen atoms in total. The topological polar surface area (TPSA) is 54.9 Å². The third kappa shape index (κ3) is 3.61. The van der Waals surface area contributed by atoms with Crippen molar-refractivity contribution in [2.24, 2.45) is 0 Å². The zero-order valence-electron chi connectivity index (χ0n) is 15.1. The maximum absolute atomic E-state index is 13.0. The number of aryl methyl sites for hydroxylation is 2. The molecule has 2 heterocycles. The summed E-state index contributed by atoms with van der Waals surface area (Å²) in [6, 6.07) is 14.5. The molecule has 2 aromatic carbocycles. The second kappa shape index (κ2) is 7.51. The van der Waals surface area contributed by atoms with Crippen LogP contribution < -0.4 is 5.32 Å². The largest absolute Gasteiger partial charge is 0.298 e. The summed E-state index contributed by atoms with van der Waals surface area (Å²) in [6.45, 7) is 3.90. The number of halogens is 2. The summed E-state index contributed by atoms with van der Waals surface area (Å²) in [5.74, 6) is -0.237. The molecule has 0 unspecified atom stereocenters. The number of aromatic nitrogens is 2. The van der Waals surface area contributed by atoms with Crippen LogP contribution >= 0.6 is 34.5 Å². The summed E-state index contributed by atoms with van der Waals surface area (Å²) in [5, 5.41) is 5.26. The van der Waals surface area contributed by atoms with Gasteiger partial charge in [-0.2, -0.15) is 0 Å². The summed E-state index contributed by atoms with van der Waals surface area (Å²) in [7, 11) is 0. The molecule has 28 heavy (non-hydrogen) atoms. The average molecular weight is 428 g/mol. The molecule has 7 heteroatoms. The predicted octanol–water partition coefficient (Wildman–Crippen LogP) is 6.53. The van der Waals surface area contributed by atoms with Crippen LogP contribution in [0.25, 0.3) is 22.2 Å². The van der Waals surface area contributed by atoms with Crippen molar-refractivity contribution in [3.63, 3.8) is 0 Å². The van der Waals surface area contributed by atoms with Crippen molar-refractivity contribution in [2.45, 2.75) is 13.8 Å². The van der Waals surface area contributed by atoms with Crippen molar-refractivity contribution in [1.29, 1.82) is 0 Å². The number of carbonyl (C=O) groups is 1. The van der Waals surface area contributed by atoms with Gasteiger partial charge in [-0.05, 0) is 44.2 Å². The third-order valence-corrected chi connectivity index (χ3v) is 5.95. The van der Waals surface area contributed by atoms with E-state index >= 15 is 0 Å². The Morgan fingerprint density at radius 2 is 1.82 bits per heavy atom. The normalized spacial score (nSPS) is 11.0. The molecule has 0 atom stereocenters. The summed E-state index contributed by atoms with van der Waals surface area (Å²) in [6.07, 6.45) is 0. The second-order valence-electron chi connectivity index (χ2n) is 6.31.